The number of pyridine rings is 2. The van der Waals surface area contributed by atoms with Crippen LogP contribution in [0.25, 0.3) is 21.7 Å². The quantitative estimate of drug-likeness (QED) is 0.390. The Morgan fingerprint density at radius 1 is 1.00 bits per heavy atom. The second kappa shape index (κ2) is 11.9. The molecule has 2 N–H and O–H groups in total. The van der Waals surface area contributed by atoms with Gasteiger partial charge in [0.15, 0.2) is 0 Å². The predicted molar refractivity (Wildman–Crippen MR) is 142 cm³/mol. The van der Waals surface area contributed by atoms with Crippen molar-refractivity contribution in [2.75, 3.05) is 25.1 Å². The monoisotopic (exact) mass is 525 g/mol. The van der Waals surface area contributed by atoms with Crippen molar-refractivity contribution in [3.63, 3.8) is 0 Å². The van der Waals surface area contributed by atoms with Crippen LogP contribution in [0.5, 0.6) is 0 Å². The highest BCUT2D eigenvalue weighted by Gasteiger charge is 2.29. The first-order chi connectivity index (χ1) is 17.6. The summed E-state index contributed by atoms with van der Waals surface area (Å²) in [6, 6.07) is 1.11. The van der Waals surface area contributed by atoms with Crippen molar-refractivity contribution in [3.05, 3.63) is 46.9 Å². The Kier molecular flexibility index (Phi) is 8.93. The molecule has 0 saturated carbocycles. The van der Waals surface area contributed by atoms with Gasteiger partial charge in [0.2, 0.25) is 0 Å². The van der Waals surface area contributed by atoms with Gasteiger partial charge in [-0.15, -0.1) is 11.3 Å². The number of rotatable bonds is 8. The smallest absolute Gasteiger partial charge is 0.342 e. The molecule has 3 aromatic heterocycles. The second-order valence-electron chi connectivity index (χ2n) is 8.95. The average Bonchev–Trinajstić information content (AvgIpc) is 3.35. The van der Waals surface area contributed by atoms with Gasteiger partial charge in [0.25, 0.3) is 0 Å². The Labute approximate surface area is 219 Å². The first-order valence-electron chi connectivity index (χ1n) is 11.9. The predicted octanol–water partition coefficient (Wildman–Crippen LogP) is 5.06. The van der Waals surface area contributed by atoms with Crippen LogP contribution in [-0.4, -0.2) is 52.7 Å². The standard InChI is InChI=1S/C26H31N5O5S/c1-7-28-25(34)31-21-20(24(33)36-9-3)19(22-30-18(14-37-22)26(4,5)6)17(13-29-21)15-10-16(12-27-11-15)23(32)35-8-2/h10-14H,7-9H2,1-6H3,(H2,28,29,31,34). The van der Waals surface area contributed by atoms with Gasteiger partial charge in [0, 0.05) is 52.6 Å². The number of hydrogen-bond donors (Lipinski definition) is 2. The average molecular weight is 526 g/mol. The summed E-state index contributed by atoms with van der Waals surface area (Å²) >= 11 is 1.36. The maximum absolute atomic E-state index is 13.3. The molecule has 3 aromatic rings. The first kappa shape index (κ1) is 27.7. The van der Waals surface area contributed by atoms with Crippen molar-refractivity contribution in [1.29, 1.82) is 0 Å². The summed E-state index contributed by atoms with van der Waals surface area (Å²) in [5, 5.41) is 7.75. The van der Waals surface area contributed by atoms with Crippen LogP contribution in [0.3, 0.4) is 0 Å². The molecule has 0 aliphatic heterocycles. The molecule has 2 amide bonds. The normalized spacial score (nSPS) is 11.1. The topological polar surface area (TPSA) is 132 Å². The van der Waals surface area contributed by atoms with Gasteiger partial charge in [-0.05, 0) is 26.8 Å². The first-order valence-corrected chi connectivity index (χ1v) is 12.8. The van der Waals surface area contributed by atoms with Crippen molar-refractivity contribution < 1.29 is 23.9 Å². The maximum Gasteiger partial charge on any atom is 0.342 e. The van der Waals surface area contributed by atoms with Crippen molar-refractivity contribution in [1.82, 2.24) is 20.3 Å². The Hall–Kier alpha value is -3.86. The Morgan fingerprint density at radius 3 is 2.32 bits per heavy atom. The fourth-order valence-corrected chi connectivity index (χ4v) is 4.52. The summed E-state index contributed by atoms with van der Waals surface area (Å²) in [4.78, 5) is 51.5. The van der Waals surface area contributed by atoms with E-state index >= 15 is 0 Å². The maximum atomic E-state index is 13.3. The second-order valence-corrected chi connectivity index (χ2v) is 9.80. The number of esters is 2. The molecule has 0 spiro atoms. The fraction of sp³-hybridized carbons (Fsp3) is 0.385. The molecule has 0 aromatic carbocycles. The van der Waals surface area contributed by atoms with Gasteiger partial charge in [-0.3, -0.25) is 10.3 Å². The van der Waals surface area contributed by atoms with E-state index in [9.17, 15) is 14.4 Å². The number of nitrogens with zero attached hydrogens (tertiary/aromatic N) is 3. The van der Waals surface area contributed by atoms with E-state index < -0.39 is 18.0 Å². The summed E-state index contributed by atoms with van der Waals surface area (Å²) in [6.45, 7) is 12.0. The number of nitrogens with one attached hydrogen (secondary N) is 2. The number of anilines is 1. The Bertz CT molecular complexity index is 1300. The number of thiazole rings is 1. The summed E-state index contributed by atoms with van der Waals surface area (Å²) < 4.78 is 10.5. The minimum absolute atomic E-state index is 0.0326. The number of ether oxygens (including phenoxy) is 2. The van der Waals surface area contributed by atoms with Gasteiger partial charge in [0.05, 0.1) is 24.5 Å². The molecule has 11 heteroatoms. The van der Waals surface area contributed by atoms with Crippen LogP contribution in [0.2, 0.25) is 0 Å². The SMILES string of the molecule is CCNC(=O)Nc1ncc(-c2cncc(C(=O)OCC)c2)c(-c2nc(C(C)(C)C)cs2)c1C(=O)OCC. The van der Waals surface area contributed by atoms with Crippen LogP contribution >= 0.6 is 11.3 Å². The highest BCUT2D eigenvalue weighted by molar-refractivity contribution is 7.13. The highest BCUT2D eigenvalue weighted by atomic mass is 32.1. The summed E-state index contributed by atoms with van der Waals surface area (Å²) in [5.74, 6) is -1.15. The summed E-state index contributed by atoms with van der Waals surface area (Å²) in [7, 11) is 0. The molecule has 0 aliphatic carbocycles. The lowest BCUT2D eigenvalue weighted by Crippen LogP contribution is -2.29. The van der Waals surface area contributed by atoms with E-state index in [-0.39, 0.29) is 35.6 Å². The minimum Gasteiger partial charge on any atom is -0.462 e. The van der Waals surface area contributed by atoms with E-state index in [1.807, 2.05) is 26.2 Å². The zero-order valence-electron chi connectivity index (χ0n) is 21.8. The molecular weight excluding hydrogens is 494 g/mol. The number of carbonyl (C=O) groups is 3. The Balaban J connectivity index is 2.32. The van der Waals surface area contributed by atoms with Crippen LogP contribution in [0.1, 0.15) is 68.0 Å². The molecule has 3 heterocycles. The Morgan fingerprint density at radius 2 is 1.70 bits per heavy atom. The van der Waals surface area contributed by atoms with Crippen LogP contribution in [-0.2, 0) is 14.9 Å². The van der Waals surface area contributed by atoms with Gasteiger partial charge in [-0.2, -0.15) is 0 Å². The number of carbonyl (C=O) groups excluding carboxylic acids is 3. The lowest BCUT2D eigenvalue weighted by Gasteiger charge is -2.17. The zero-order chi connectivity index (χ0) is 27.2. The number of hydrogen-bond acceptors (Lipinski definition) is 9. The van der Waals surface area contributed by atoms with Gasteiger partial charge in [0.1, 0.15) is 16.4 Å². The van der Waals surface area contributed by atoms with Crippen LogP contribution < -0.4 is 10.6 Å². The minimum atomic E-state index is -0.666. The third-order valence-corrected chi connectivity index (χ3v) is 6.03. The molecule has 0 radical (unpaired) electrons. The molecule has 0 aliphatic rings. The van der Waals surface area contributed by atoms with E-state index in [0.717, 1.165) is 5.69 Å². The molecule has 10 nitrogen and oxygen atoms in total. The van der Waals surface area contributed by atoms with Crippen molar-refractivity contribution in [3.8, 4) is 21.7 Å². The molecule has 37 heavy (non-hydrogen) atoms. The molecule has 0 unspecified atom stereocenters. The van der Waals surface area contributed by atoms with E-state index in [0.29, 0.717) is 28.2 Å². The lowest BCUT2D eigenvalue weighted by atomic mass is 9.93. The van der Waals surface area contributed by atoms with Gasteiger partial charge in [-0.1, -0.05) is 20.8 Å². The lowest BCUT2D eigenvalue weighted by molar-refractivity contribution is 0.0517. The van der Waals surface area contributed by atoms with Crippen molar-refractivity contribution in [2.24, 2.45) is 0 Å². The molecule has 3 rings (SSSR count). The largest absolute Gasteiger partial charge is 0.462 e. The van der Waals surface area contributed by atoms with Crippen LogP contribution in [0.4, 0.5) is 10.6 Å². The number of amides is 2. The molecule has 0 bridgehead atoms. The molecule has 196 valence electrons. The van der Waals surface area contributed by atoms with Gasteiger partial charge >= 0.3 is 18.0 Å². The van der Waals surface area contributed by atoms with E-state index in [1.165, 1.54) is 23.7 Å². The summed E-state index contributed by atoms with van der Waals surface area (Å²) in [6.07, 6.45) is 4.49. The van der Waals surface area contributed by atoms with E-state index in [2.05, 4.69) is 20.6 Å². The third-order valence-electron chi connectivity index (χ3n) is 5.17. The highest BCUT2D eigenvalue weighted by Crippen LogP contribution is 2.40. The van der Waals surface area contributed by atoms with Crippen LogP contribution in [0.15, 0.2) is 30.0 Å². The molecular formula is C26H31N5O5S. The number of aromatic nitrogens is 3. The van der Waals surface area contributed by atoms with Crippen molar-refractivity contribution in [2.45, 2.75) is 47.0 Å². The van der Waals surface area contributed by atoms with E-state index in [1.54, 1.807) is 33.0 Å². The molecule has 0 fully saturated rings. The third kappa shape index (κ3) is 6.48. The fourth-order valence-electron chi connectivity index (χ4n) is 3.41. The van der Waals surface area contributed by atoms with Gasteiger partial charge < -0.3 is 14.8 Å². The van der Waals surface area contributed by atoms with Crippen LogP contribution in [0, 0.1) is 0 Å². The van der Waals surface area contributed by atoms with Gasteiger partial charge in [-0.25, -0.2) is 24.4 Å². The number of urea groups is 1. The molecule has 0 saturated heterocycles. The summed E-state index contributed by atoms with van der Waals surface area (Å²) in [5.41, 5.74) is 2.35. The van der Waals surface area contributed by atoms with E-state index in [4.69, 9.17) is 14.5 Å². The molecule has 0 atom stereocenters. The van der Waals surface area contributed by atoms with Crippen molar-refractivity contribution >= 4 is 35.1 Å². The zero-order valence-corrected chi connectivity index (χ0v) is 22.6.